The van der Waals surface area contributed by atoms with E-state index in [1.165, 1.54) is 24.4 Å². The molecule has 3 N–H and O–H groups in total. The Morgan fingerprint density at radius 2 is 2.00 bits per heavy atom. The normalized spacial score (nSPS) is 14.8. The van der Waals surface area contributed by atoms with Crippen LogP contribution in [0.3, 0.4) is 0 Å². The summed E-state index contributed by atoms with van der Waals surface area (Å²) in [4.78, 5) is 24.8. The number of aromatic nitrogens is 3. The van der Waals surface area contributed by atoms with Crippen molar-refractivity contribution in [1.82, 2.24) is 19.9 Å². The summed E-state index contributed by atoms with van der Waals surface area (Å²) >= 11 is 0. The van der Waals surface area contributed by atoms with Crippen molar-refractivity contribution in [3.8, 4) is 11.6 Å². The summed E-state index contributed by atoms with van der Waals surface area (Å²) in [7, 11) is -2.22. The number of ether oxygens (including phenoxy) is 2. The molecule has 1 amide bonds. The molecule has 1 saturated heterocycles. The van der Waals surface area contributed by atoms with Gasteiger partial charge < -0.3 is 29.9 Å². The van der Waals surface area contributed by atoms with Crippen molar-refractivity contribution in [2.24, 2.45) is 0 Å². The van der Waals surface area contributed by atoms with Gasteiger partial charge in [0.05, 0.1) is 30.9 Å². The van der Waals surface area contributed by atoms with Crippen LogP contribution in [0.5, 0.6) is 11.6 Å². The molecule has 0 atom stereocenters. The maximum absolute atomic E-state index is 12.1. The van der Waals surface area contributed by atoms with Gasteiger partial charge in [0, 0.05) is 25.9 Å². The van der Waals surface area contributed by atoms with Crippen LogP contribution in [0.15, 0.2) is 23.5 Å². The molecule has 0 aliphatic carbocycles. The Kier molecular flexibility index (Phi) is 7.30. The van der Waals surface area contributed by atoms with Crippen LogP contribution in [-0.2, 0) is 9.84 Å². The number of amides is 1. The Hall–Kier alpha value is -3.19. The molecule has 2 aromatic rings. The van der Waals surface area contributed by atoms with Crippen molar-refractivity contribution in [3.63, 3.8) is 0 Å². The molecule has 12 nitrogen and oxygen atoms in total. The van der Waals surface area contributed by atoms with E-state index in [2.05, 4.69) is 20.3 Å². The summed E-state index contributed by atoms with van der Waals surface area (Å²) in [5, 5.41) is 20.9. The molecule has 3 rings (SSSR count). The molecule has 13 heteroatoms. The van der Waals surface area contributed by atoms with Crippen molar-refractivity contribution >= 4 is 27.4 Å². The average Bonchev–Trinajstić information content (AvgIpc) is 2.75. The van der Waals surface area contributed by atoms with E-state index in [4.69, 9.17) is 19.7 Å². The zero-order valence-corrected chi connectivity index (χ0v) is 18.5. The molecule has 174 valence electrons. The number of anilines is 2. The molecule has 1 fully saturated rings. The highest BCUT2D eigenvalue weighted by Crippen LogP contribution is 2.35. The smallest absolute Gasteiger partial charge is 0.407 e. The molecule has 32 heavy (non-hydrogen) atoms. The third kappa shape index (κ3) is 5.34. The Morgan fingerprint density at radius 3 is 2.59 bits per heavy atom. The van der Waals surface area contributed by atoms with Crippen LogP contribution in [-0.4, -0.2) is 83.2 Å². The Morgan fingerprint density at radius 1 is 1.28 bits per heavy atom. The Balaban J connectivity index is 1.77. The second kappa shape index (κ2) is 9.96. The van der Waals surface area contributed by atoms with Crippen molar-refractivity contribution in [2.75, 3.05) is 37.9 Å². The van der Waals surface area contributed by atoms with Gasteiger partial charge >= 0.3 is 6.09 Å². The number of sulfone groups is 1. The number of nitrogens with zero attached hydrogens (tertiary/aromatic N) is 4. The van der Waals surface area contributed by atoms with Crippen LogP contribution in [0, 0.1) is 6.92 Å². The number of methoxy groups -OCH3 is 1. The van der Waals surface area contributed by atoms with Crippen molar-refractivity contribution < 1.29 is 32.9 Å². The number of likely N-dealkylation sites (tertiary alicyclic amines) is 1. The zero-order chi connectivity index (χ0) is 23.3. The third-order valence-electron chi connectivity index (χ3n) is 4.96. The fourth-order valence-corrected chi connectivity index (χ4v) is 4.23. The van der Waals surface area contributed by atoms with E-state index >= 15 is 0 Å². The van der Waals surface area contributed by atoms with Crippen molar-refractivity contribution in [2.45, 2.75) is 30.9 Å². The number of piperidine rings is 1. The van der Waals surface area contributed by atoms with Crippen LogP contribution in [0.2, 0.25) is 0 Å². The van der Waals surface area contributed by atoms with Crippen LogP contribution < -0.4 is 14.8 Å². The molecule has 2 aromatic heterocycles. The number of carboxylic acid groups (broad SMARTS) is 1. The third-order valence-corrected chi connectivity index (χ3v) is 6.54. The van der Waals surface area contributed by atoms with Crippen LogP contribution in [0.1, 0.15) is 18.5 Å². The van der Waals surface area contributed by atoms with Gasteiger partial charge in [0.2, 0.25) is 5.75 Å². The lowest BCUT2D eigenvalue weighted by atomic mass is 10.1. The van der Waals surface area contributed by atoms with Crippen LogP contribution >= 0.6 is 0 Å². The summed E-state index contributed by atoms with van der Waals surface area (Å²) in [6.07, 6.45) is 1.18. The maximum Gasteiger partial charge on any atom is 0.407 e. The van der Waals surface area contributed by atoms with Gasteiger partial charge in [0.1, 0.15) is 12.4 Å². The maximum atomic E-state index is 12.1. The molecular weight excluding hydrogens is 442 g/mol. The number of pyridine rings is 1. The molecule has 1 aliphatic rings. The van der Waals surface area contributed by atoms with Gasteiger partial charge in [0.25, 0.3) is 5.88 Å². The monoisotopic (exact) mass is 467 g/mol. The first-order chi connectivity index (χ1) is 15.2. The molecule has 1 aliphatic heterocycles. The lowest BCUT2D eigenvalue weighted by molar-refractivity contribution is 0.0852. The highest BCUT2D eigenvalue weighted by atomic mass is 32.2. The number of rotatable bonds is 8. The van der Waals surface area contributed by atoms with E-state index < -0.39 is 28.3 Å². The minimum Gasteiger partial charge on any atom is -0.489 e. The predicted molar refractivity (Wildman–Crippen MR) is 113 cm³/mol. The van der Waals surface area contributed by atoms with Gasteiger partial charge in [-0.3, -0.25) is 0 Å². The summed E-state index contributed by atoms with van der Waals surface area (Å²) in [5.41, 5.74) is 0.916. The van der Waals surface area contributed by atoms with Gasteiger partial charge in [-0.05, 0) is 19.1 Å². The average molecular weight is 468 g/mol. The largest absolute Gasteiger partial charge is 0.489 e. The van der Waals surface area contributed by atoms with Crippen molar-refractivity contribution in [3.05, 3.63) is 24.2 Å². The molecule has 0 aromatic carbocycles. The highest BCUT2D eigenvalue weighted by Gasteiger charge is 2.26. The minimum atomic E-state index is -3.67. The highest BCUT2D eigenvalue weighted by molar-refractivity contribution is 7.91. The van der Waals surface area contributed by atoms with Crippen molar-refractivity contribution in [1.29, 1.82) is 0 Å². The zero-order valence-electron chi connectivity index (χ0n) is 17.7. The lowest BCUT2D eigenvalue weighted by Gasteiger charge is -2.30. The Bertz CT molecular complexity index is 1070. The first kappa shape index (κ1) is 23.5. The van der Waals surface area contributed by atoms with Gasteiger partial charge in [-0.25, -0.2) is 23.2 Å². The number of aryl methyl sites for hydroxylation is 1. The SMILES string of the molecule is COc1c(Nc2ccc(S(=O)(=O)CCO)nc2C)ncnc1OC1CCN(C(=O)O)CC1. The topological polar surface area (TPSA) is 164 Å². The Labute approximate surface area is 185 Å². The molecular formula is C19H25N5O7S. The molecule has 0 saturated carbocycles. The fourth-order valence-electron chi connectivity index (χ4n) is 3.23. The quantitative estimate of drug-likeness (QED) is 0.511. The minimum absolute atomic E-state index is 0.124. The number of carbonyl (C=O) groups is 1. The van der Waals surface area contributed by atoms with Crippen LogP contribution in [0.4, 0.5) is 16.3 Å². The van der Waals surface area contributed by atoms with E-state index in [0.29, 0.717) is 43.1 Å². The second-order valence-electron chi connectivity index (χ2n) is 7.10. The molecule has 0 bridgehead atoms. The van der Waals surface area contributed by atoms with E-state index in [9.17, 15) is 13.2 Å². The number of aliphatic hydroxyl groups excluding tert-OH is 1. The predicted octanol–water partition coefficient (Wildman–Crippen LogP) is 1.22. The molecule has 3 heterocycles. The molecule has 0 unspecified atom stereocenters. The van der Waals surface area contributed by atoms with E-state index in [1.807, 2.05) is 0 Å². The van der Waals surface area contributed by atoms with E-state index in [-0.39, 0.29) is 22.8 Å². The van der Waals surface area contributed by atoms with Gasteiger partial charge in [-0.15, -0.1) is 0 Å². The van der Waals surface area contributed by atoms with Crippen LogP contribution in [0.25, 0.3) is 0 Å². The van der Waals surface area contributed by atoms with E-state index in [0.717, 1.165) is 0 Å². The van der Waals surface area contributed by atoms with Gasteiger partial charge in [0.15, 0.2) is 20.7 Å². The summed E-state index contributed by atoms with van der Waals surface area (Å²) in [6.45, 7) is 1.89. The molecule has 0 radical (unpaired) electrons. The molecule has 0 spiro atoms. The second-order valence-corrected chi connectivity index (χ2v) is 9.15. The number of nitrogens with one attached hydrogen (secondary N) is 1. The number of aliphatic hydroxyl groups is 1. The lowest BCUT2D eigenvalue weighted by Crippen LogP contribution is -2.41. The summed E-state index contributed by atoms with van der Waals surface area (Å²) < 4.78 is 35.6. The first-order valence-corrected chi connectivity index (χ1v) is 11.5. The fraction of sp³-hybridized carbons (Fsp3) is 0.474. The van der Waals surface area contributed by atoms with E-state index in [1.54, 1.807) is 13.0 Å². The number of hydrogen-bond donors (Lipinski definition) is 3. The standard InChI is InChI=1S/C19H25N5O7S/c1-12-14(3-4-15(22-12)32(28,29)10-9-25)23-17-16(30-2)18(21-11-20-17)31-13-5-7-24(8-6-13)19(26)27/h3-4,11,13,25H,5-10H2,1-2H3,(H,26,27)(H,20,21,23). The summed E-state index contributed by atoms with van der Waals surface area (Å²) in [5.74, 6) is 0.366. The van der Waals surface area contributed by atoms with Gasteiger partial charge in [-0.2, -0.15) is 4.98 Å². The number of hydrogen-bond acceptors (Lipinski definition) is 10. The first-order valence-electron chi connectivity index (χ1n) is 9.87. The summed E-state index contributed by atoms with van der Waals surface area (Å²) in [6, 6.07) is 2.90. The van der Waals surface area contributed by atoms with Gasteiger partial charge in [-0.1, -0.05) is 0 Å².